The van der Waals surface area contributed by atoms with E-state index in [4.69, 9.17) is 0 Å². The van der Waals surface area contributed by atoms with E-state index >= 15 is 0 Å². The molecular weight excluding hydrogens is 216 g/mol. The largest absolute Gasteiger partial charge is 0.508 e. The number of hydrogen-bond donors (Lipinski definition) is 3. The van der Waals surface area contributed by atoms with Gasteiger partial charge >= 0.3 is 0 Å². The minimum Gasteiger partial charge on any atom is -0.508 e. The Hall–Kier alpha value is -2.16. The summed E-state index contributed by atoms with van der Waals surface area (Å²) in [6.45, 7) is 3.89. The van der Waals surface area contributed by atoms with Gasteiger partial charge in [0.25, 0.3) is 0 Å². The molecule has 2 rings (SSSR count). The van der Waals surface area contributed by atoms with Gasteiger partial charge in [0.2, 0.25) is 0 Å². The quantitative estimate of drug-likeness (QED) is 0.705. The molecule has 3 heteroatoms. The third-order valence-corrected chi connectivity index (χ3v) is 2.96. The molecule has 0 fully saturated rings. The Morgan fingerprint density at radius 2 is 1.47 bits per heavy atom. The minimum absolute atomic E-state index is 0.129. The maximum Gasteiger partial charge on any atom is 0.130 e. The molecule has 0 aliphatic rings. The van der Waals surface area contributed by atoms with Gasteiger partial charge in [-0.05, 0) is 30.5 Å². The van der Waals surface area contributed by atoms with Crippen molar-refractivity contribution in [3.8, 4) is 28.4 Å². The molecule has 0 atom stereocenters. The molecule has 0 aliphatic carbocycles. The zero-order valence-electron chi connectivity index (χ0n) is 9.73. The summed E-state index contributed by atoms with van der Waals surface area (Å²) in [5.41, 5.74) is 3.18. The molecule has 0 radical (unpaired) electrons. The fraction of sp³-hybridized carbons (Fsp3) is 0.143. The predicted octanol–water partition coefficient (Wildman–Crippen LogP) is 3.09. The van der Waals surface area contributed by atoms with Crippen LogP contribution in [0.2, 0.25) is 0 Å². The monoisotopic (exact) mass is 230 g/mol. The average Bonchev–Trinajstić information content (AvgIpc) is 2.23. The lowest BCUT2D eigenvalue weighted by Crippen LogP contribution is -1.88. The van der Waals surface area contributed by atoms with Crippen LogP contribution in [0.1, 0.15) is 11.1 Å². The molecule has 0 aromatic heterocycles. The molecule has 3 nitrogen and oxygen atoms in total. The van der Waals surface area contributed by atoms with E-state index in [9.17, 15) is 15.3 Å². The van der Waals surface area contributed by atoms with Gasteiger partial charge in [-0.2, -0.15) is 0 Å². The third-order valence-electron chi connectivity index (χ3n) is 2.96. The number of aromatic hydroxyl groups is 3. The summed E-state index contributed by atoms with van der Waals surface area (Å²) < 4.78 is 0. The molecule has 2 aromatic carbocycles. The Kier molecular flexibility index (Phi) is 2.68. The SMILES string of the molecule is Cc1cccc(-c2c(O)cc(O)cc2O)c1C. The van der Waals surface area contributed by atoms with E-state index in [1.165, 1.54) is 12.1 Å². The second-order valence-electron chi connectivity index (χ2n) is 4.11. The summed E-state index contributed by atoms with van der Waals surface area (Å²) in [4.78, 5) is 0. The Bertz CT molecular complexity index is 551. The van der Waals surface area contributed by atoms with Crippen molar-refractivity contribution >= 4 is 0 Å². The topological polar surface area (TPSA) is 60.7 Å². The van der Waals surface area contributed by atoms with E-state index in [0.29, 0.717) is 5.56 Å². The predicted molar refractivity (Wildman–Crippen MR) is 66.3 cm³/mol. The maximum absolute atomic E-state index is 9.82. The van der Waals surface area contributed by atoms with Crippen LogP contribution in [0.4, 0.5) is 0 Å². The standard InChI is InChI=1S/C14H14O3/c1-8-4-3-5-11(9(8)2)14-12(16)6-10(15)7-13(14)17/h3-7,15-17H,1-2H3. The fourth-order valence-electron chi connectivity index (χ4n) is 1.90. The number of phenols is 3. The van der Waals surface area contributed by atoms with Gasteiger partial charge in [-0.15, -0.1) is 0 Å². The summed E-state index contributed by atoms with van der Waals surface area (Å²) >= 11 is 0. The number of rotatable bonds is 1. The number of aryl methyl sites for hydroxylation is 1. The van der Waals surface area contributed by atoms with E-state index < -0.39 is 0 Å². The van der Waals surface area contributed by atoms with Crippen LogP contribution in [0, 0.1) is 13.8 Å². The fourth-order valence-corrected chi connectivity index (χ4v) is 1.90. The van der Waals surface area contributed by atoms with E-state index in [2.05, 4.69) is 0 Å². The van der Waals surface area contributed by atoms with Gasteiger partial charge in [-0.25, -0.2) is 0 Å². The normalized spacial score (nSPS) is 10.5. The lowest BCUT2D eigenvalue weighted by Gasteiger charge is -2.12. The van der Waals surface area contributed by atoms with Gasteiger partial charge in [-0.3, -0.25) is 0 Å². The second kappa shape index (κ2) is 4.01. The number of hydrogen-bond acceptors (Lipinski definition) is 3. The average molecular weight is 230 g/mol. The zero-order valence-corrected chi connectivity index (χ0v) is 9.73. The molecule has 0 unspecified atom stereocenters. The molecule has 0 heterocycles. The summed E-state index contributed by atoms with van der Waals surface area (Å²) in [6.07, 6.45) is 0. The van der Waals surface area contributed by atoms with Gasteiger partial charge in [0, 0.05) is 12.1 Å². The molecule has 0 saturated heterocycles. The van der Waals surface area contributed by atoms with Gasteiger partial charge in [0.15, 0.2) is 0 Å². The van der Waals surface area contributed by atoms with Crippen molar-refractivity contribution in [3.05, 3.63) is 41.5 Å². The molecule has 0 aliphatic heterocycles. The van der Waals surface area contributed by atoms with Crippen LogP contribution < -0.4 is 0 Å². The highest BCUT2D eigenvalue weighted by Crippen LogP contribution is 2.41. The Labute approximate surface area is 99.6 Å². The Morgan fingerprint density at radius 3 is 2.06 bits per heavy atom. The minimum atomic E-state index is -0.158. The molecule has 3 N–H and O–H groups in total. The van der Waals surface area contributed by atoms with E-state index in [0.717, 1.165) is 16.7 Å². The number of phenolic OH excluding ortho intramolecular Hbond substituents is 3. The van der Waals surface area contributed by atoms with Crippen molar-refractivity contribution in [2.45, 2.75) is 13.8 Å². The molecule has 0 amide bonds. The second-order valence-corrected chi connectivity index (χ2v) is 4.11. The third kappa shape index (κ3) is 1.91. The zero-order chi connectivity index (χ0) is 12.6. The highest BCUT2D eigenvalue weighted by atomic mass is 16.3. The molecule has 88 valence electrons. The van der Waals surface area contributed by atoms with Crippen LogP contribution in [0.25, 0.3) is 11.1 Å². The molecule has 2 aromatic rings. The lowest BCUT2D eigenvalue weighted by molar-refractivity contribution is 0.430. The Balaban J connectivity index is 2.73. The van der Waals surface area contributed by atoms with Crippen LogP contribution in [0.15, 0.2) is 30.3 Å². The summed E-state index contributed by atoms with van der Waals surface area (Å²) in [5, 5.41) is 28.9. The smallest absolute Gasteiger partial charge is 0.130 e. The van der Waals surface area contributed by atoms with Crippen LogP contribution in [0.3, 0.4) is 0 Å². The van der Waals surface area contributed by atoms with Gasteiger partial charge in [0.05, 0.1) is 5.56 Å². The maximum atomic E-state index is 9.82. The first-order chi connectivity index (χ1) is 8.00. The highest BCUT2D eigenvalue weighted by molar-refractivity contribution is 5.80. The first kappa shape index (κ1) is 11.3. The molecule has 17 heavy (non-hydrogen) atoms. The Morgan fingerprint density at radius 1 is 0.882 bits per heavy atom. The van der Waals surface area contributed by atoms with Crippen molar-refractivity contribution in [1.82, 2.24) is 0 Å². The molecular formula is C14H14O3. The summed E-state index contributed by atoms with van der Waals surface area (Å²) in [7, 11) is 0. The van der Waals surface area contributed by atoms with E-state index in [-0.39, 0.29) is 17.2 Å². The van der Waals surface area contributed by atoms with Crippen molar-refractivity contribution < 1.29 is 15.3 Å². The van der Waals surface area contributed by atoms with Crippen molar-refractivity contribution in [1.29, 1.82) is 0 Å². The molecule has 0 bridgehead atoms. The summed E-state index contributed by atoms with van der Waals surface area (Å²) in [6, 6.07) is 8.10. The van der Waals surface area contributed by atoms with Crippen LogP contribution in [-0.4, -0.2) is 15.3 Å². The molecule has 0 spiro atoms. The van der Waals surface area contributed by atoms with Crippen molar-refractivity contribution in [3.63, 3.8) is 0 Å². The molecule has 0 saturated carbocycles. The first-order valence-corrected chi connectivity index (χ1v) is 5.32. The van der Waals surface area contributed by atoms with Crippen LogP contribution in [-0.2, 0) is 0 Å². The van der Waals surface area contributed by atoms with Crippen molar-refractivity contribution in [2.24, 2.45) is 0 Å². The van der Waals surface area contributed by atoms with E-state index in [1.807, 2.05) is 32.0 Å². The lowest BCUT2D eigenvalue weighted by atomic mass is 9.95. The van der Waals surface area contributed by atoms with Crippen LogP contribution >= 0.6 is 0 Å². The van der Waals surface area contributed by atoms with Gasteiger partial charge in [-0.1, -0.05) is 18.2 Å². The van der Waals surface area contributed by atoms with Gasteiger partial charge < -0.3 is 15.3 Å². The van der Waals surface area contributed by atoms with Crippen LogP contribution in [0.5, 0.6) is 17.2 Å². The van der Waals surface area contributed by atoms with Gasteiger partial charge in [0.1, 0.15) is 17.2 Å². The highest BCUT2D eigenvalue weighted by Gasteiger charge is 2.14. The first-order valence-electron chi connectivity index (χ1n) is 5.32. The number of benzene rings is 2. The summed E-state index contributed by atoms with van der Waals surface area (Å²) in [5.74, 6) is -0.415. The van der Waals surface area contributed by atoms with Crippen molar-refractivity contribution in [2.75, 3.05) is 0 Å². The van der Waals surface area contributed by atoms with E-state index in [1.54, 1.807) is 0 Å².